The zero-order valence-corrected chi connectivity index (χ0v) is 19.0. The van der Waals surface area contributed by atoms with E-state index >= 15 is 0 Å². The van der Waals surface area contributed by atoms with E-state index in [0.29, 0.717) is 0 Å². The molecular formula is C12H19Cl6O9P. The molecule has 7 N–H and O–H groups in total. The van der Waals surface area contributed by atoms with Gasteiger partial charge in [-0.05, 0) is 0 Å². The van der Waals surface area contributed by atoms with E-state index in [2.05, 4.69) is 4.52 Å². The largest absolute Gasteiger partial charge is 0.470 e. The zero-order chi connectivity index (χ0) is 22.1. The molecule has 2 aliphatic carbocycles. The van der Waals surface area contributed by atoms with Crippen molar-refractivity contribution in [1.29, 1.82) is 0 Å². The molecule has 0 radical (unpaired) electrons. The molecule has 0 saturated heterocycles. The third-order valence-electron chi connectivity index (χ3n) is 4.16. The van der Waals surface area contributed by atoms with Crippen molar-refractivity contribution in [2.45, 2.75) is 68.9 Å². The smallest absolute Gasteiger partial charge is 0.387 e. The first kappa shape index (κ1) is 27.7. The van der Waals surface area contributed by atoms with Gasteiger partial charge in [-0.1, -0.05) is 0 Å². The molecule has 2 aliphatic rings. The zero-order valence-electron chi connectivity index (χ0n) is 13.6. The number of phosphoric acid groups is 1. The first-order chi connectivity index (χ1) is 12.6. The van der Waals surface area contributed by atoms with Gasteiger partial charge >= 0.3 is 7.82 Å². The molecule has 2 fully saturated rings. The molecular weight excluding hydrogens is 532 g/mol. The summed E-state index contributed by atoms with van der Waals surface area (Å²) in [5.74, 6) is 0. The lowest BCUT2D eigenvalue weighted by atomic mass is 9.85. The van der Waals surface area contributed by atoms with Crippen molar-refractivity contribution in [3.8, 4) is 0 Å². The molecule has 0 bridgehead atoms. The van der Waals surface area contributed by atoms with Crippen LogP contribution < -0.4 is 0 Å². The summed E-state index contributed by atoms with van der Waals surface area (Å²) in [5.41, 5.74) is 0. The van der Waals surface area contributed by atoms with Crippen LogP contribution in [0.1, 0.15) is 0 Å². The molecule has 2 unspecified atom stereocenters. The van der Waals surface area contributed by atoms with Crippen LogP contribution in [0, 0.1) is 0 Å². The van der Waals surface area contributed by atoms with Gasteiger partial charge in [-0.3, -0.25) is 4.52 Å². The molecule has 6 atom stereocenters. The number of halogens is 6. The van der Waals surface area contributed by atoms with Crippen molar-refractivity contribution in [3.05, 3.63) is 0 Å². The second kappa shape index (κ2) is 11.0. The van der Waals surface area contributed by atoms with E-state index in [1.165, 1.54) is 0 Å². The Balaban J connectivity index is 0.000000292. The number of alkyl halides is 6. The Morgan fingerprint density at radius 1 is 0.536 bits per heavy atom. The van der Waals surface area contributed by atoms with Crippen LogP contribution in [-0.4, -0.2) is 104 Å². The lowest BCUT2D eigenvalue weighted by Gasteiger charge is -2.41. The van der Waals surface area contributed by atoms with Crippen LogP contribution in [0.3, 0.4) is 0 Å². The SMILES string of the molecule is ClC1C(Cl)C(Cl)C(Cl)C(Cl)C1Cl.O=P(O)(O)OC1[C@@H](O)[C@H](O)C(O)[C@H](O)[C@@H]1O. The number of rotatable bonds is 2. The summed E-state index contributed by atoms with van der Waals surface area (Å²) >= 11 is 35.3. The van der Waals surface area contributed by atoms with Crippen LogP contribution in [0.25, 0.3) is 0 Å². The molecule has 0 aromatic heterocycles. The highest BCUT2D eigenvalue weighted by molar-refractivity contribution is 7.46. The topological polar surface area (TPSA) is 168 Å². The first-order valence-corrected chi connectivity index (χ1v) is 11.8. The van der Waals surface area contributed by atoms with Gasteiger partial charge in [-0.15, -0.1) is 69.6 Å². The van der Waals surface area contributed by atoms with Gasteiger partial charge in [0, 0.05) is 0 Å². The number of phosphoric ester groups is 1. The van der Waals surface area contributed by atoms with Crippen molar-refractivity contribution < 1.29 is 44.4 Å². The molecule has 0 aliphatic heterocycles. The maximum Gasteiger partial charge on any atom is 0.470 e. The number of hydrogen-bond acceptors (Lipinski definition) is 7. The molecule has 9 nitrogen and oxygen atoms in total. The van der Waals surface area contributed by atoms with Gasteiger partial charge in [0.1, 0.15) is 36.6 Å². The number of aliphatic hydroxyl groups excluding tert-OH is 5. The molecule has 0 spiro atoms. The third-order valence-corrected chi connectivity index (χ3v) is 8.71. The molecule has 0 amide bonds. The maximum absolute atomic E-state index is 10.5. The molecule has 2 rings (SSSR count). The summed E-state index contributed by atoms with van der Waals surface area (Å²) in [6, 6.07) is 0. The van der Waals surface area contributed by atoms with Gasteiger partial charge in [0.2, 0.25) is 0 Å². The molecule has 0 aromatic rings. The van der Waals surface area contributed by atoms with Crippen LogP contribution in [-0.2, 0) is 9.09 Å². The van der Waals surface area contributed by atoms with Gasteiger partial charge in [0.25, 0.3) is 0 Å². The summed E-state index contributed by atoms with van der Waals surface area (Å²) in [6.07, 6.45) is -11.3. The van der Waals surface area contributed by atoms with Crippen LogP contribution in [0.2, 0.25) is 0 Å². The minimum Gasteiger partial charge on any atom is -0.387 e. The molecule has 16 heteroatoms. The Morgan fingerprint density at radius 3 is 0.964 bits per heavy atom. The van der Waals surface area contributed by atoms with E-state index in [1.54, 1.807) is 0 Å². The summed E-state index contributed by atoms with van der Waals surface area (Å²) in [7, 11) is -5.01. The molecule has 28 heavy (non-hydrogen) atoms. The van der Waals surface area contributed by atoms with Crippen molar-refractivity contribution in [2.24, 2.45) is 0 Å². The van der Waals surface area contributed by atoms with Crippen LogP contribution in [0.4, 0.5) is 0 Å². The normalized spacial score (nSPS) is 49.9. The standard InChI is InChI=1S/C6H6Cl6.C6H13O9P/c7-1-2(8)4(10)6(12)5(11)3(1)9;7-1-2(8)4(10)6(5(11)3(1)9)15-16(12,13)14/h1-6H;1-11H,(H2,12,13,14)/t;1?,2-,3+,4-,5-,6?/m.0/s1. The van der Waals surface area contributed by atoms with Crippen molar-refractivity contribution in [3.63, 3.8) is 0 Å². The highest BCUT2D eigenvalue weighted by Gasteiger charge is 2.51. The van der Waals surface area contributed by atoms with Crippen molar-refractivity contribution in [1.82, 2.24) is 0 Å². The first-order valence-electron chi connectivity index (χ1n) is 7.60. The van der Waals surface area contributed by atoms with Crippen LogP contribution in [0.5, 0.6) is 0 Å². The Kier molecular flexibility index (Phi) is 10.9. The summed E-state index contributed by atoms with van der Waals surface area (Å²) < 4.78 is 14.5. The highest BCUT2D eigenvalue weighted by atomic mass is 35.5. The van der Waals surface area contributed by atoms with Gasteiger partial charge in [-0.25, -0.2) is 4.57 Å². The molecule has 168 valence electrons. The van der Waals surface area contributed by atoms with E-state index in [4.69, 9.17) is 84.5 Å². The fourth-order valence-electron chi connectivity index (χ4n) is 2.53. The maximum atomic E-state index is 10.5. The summed E-state index contributed by atoms with van der Waals surface area (Å²) in [6.45, 7) is 0. The second-order valence-electron chi connectivity index (χ2n) is 6.18. The van der Waals surface area contributed by atoms with E-state index in [9.17, 15) is 25.0 Å². The third kappa shape index (κ3) is 6.58. The Bertz CT molecular complexity index is 483. The van der Waals surface area contributed by atoms with Crippen LogP contribution >= 0.6 is 77.4 Å². The van der Waals surface area contributed by atoms with Crippen molar-refractivity contribution in [2.75, 3.05) is 0 Å². The Hall–Kier alpha value is 1.65. The van der Waals surface area contributed by atoms with Gasteiger partial charge < -0.3 is 35.3 Å². The Morgan fingerprint density at radius 2 is 0.750 bits per heavy atom. The van der Waals surface area contributed by atoms with E-state index < -0.39 is 76.7 Å². The van der Waals surface area contributed by atoms with Gasteiger partial charge in [0.15, 0.2) is 0 Å². The molecule has 0 heterocycles. The van der Waals surface area contributed by atoms with E-state index in [1.807, 2.05) is 0 Å². The summed E-state index contributed by atoms with van der Waals surface area (Å²) in [5, 5.41) is 43.5. The minimum atomic E-state index is -5.01. The fourth-order valence-corrected chi connectivity index (χ4v) is 5.43. The monoisotopic (exact) mass is 548 g/mol. The van der Waals surface area contributed by atoms with Crippen LogP contribution in [0.15, 0.2) is 0 Å². The lowest BCUT2D eigenvalue weighted by molar-refractivity contribution is -0.219. The molecule has 0 aromatic carbocycles. The number of hydrogen-bond donors (Lipinski definition) is 7. The Labute approximate surface area is 190 Å². The predicted octanol–water partition coefficient (Wildman–Crippen LogP) is -0.0732. The average Bonchev–Trinajstić information content (AvgIpc) is 2.63. The second-order valence-corrected chi connectivity index (χ2v) is 10.4. The minimum absolute atomic E-state index is 0.437. The quantitative estimate of drug-likeness (QED) is 0.184. The van der Waals surface area contributed by atoms with Gasteiger partial charge in [0.05, 0.1) is 32.3 Å². The predicted molar refractivity (Wildman–Crippen MR) is 105 cm³/mol. The van der Waals surface area contributed by atoms with Crippen molar-refractivity contribution >= 4 is 77.4 Å². The van der Waals surface area contributed by atoms with E-state index in [-0.39, 0.29) is 0 Å². The van der Waals surface area contributed by atoms with E-state index in [0.717, 1.165) is 0 Å². The summed E-state index contributed by atoms with van der Waals surface area (Å²) in [4.78, 5) is 17.0. The fraction of sp³-hybridized carbons (Fsp3) is 1.00. The van der Waals surface area contributed by atoms with Gasteiger partial charge in [-0.2, -0.15) is 0 Å². The average molecular weight is 551 g/mol. The highest BCUT2D eigenvalue weighted by Crippen LogP contribution is 2.41. The number of aliphatic hydroxyl groups is 5. The lowest BCUT2D eigenvalue weighted by Crippen LogP contribution is -2.64. The molecule has 2 saturated carbocycles.